The van der Waals surface area contributed by atoms with Gasteiger partial charge in [0.2, 0.25) is 0 Å². The van der Waals surface area contributed by atoms with Crippen molar-refractivity contribution in [2.75, 3.05) is 5.32 Å². The van der Waals surface area contributed by atoms with Crippen LogP contribution in [0.5, 0.6) is 0 Å². The van der Waals surface area contributed by atoms with Crippen LogP contribution in [0.2, 0.25) is 0 Å². The Morgan fingerprint density at radius 1 is 1.50 bits per heavy atom. The molecule has 2 rings (SSSR count). The van der Waals surface area contributed by atoms with Gasteiger partial charge in [0.15, 0.2) is 0 Å². The van der Waals surface area contributed by atoms with Crippen LogP contribution >= 0.6 is 11.3 Å². The molecule has 0 fully saturated rings. The maximum Gasteiger partial charge on any atom is 0.0529 e. The predicted octanol–water partition coefficient (Wildman–Crippen LogP) is 3.06. The van der Waals surface area contributed by atoms with E-state index in [1.807, 2.05) is 18.3 Å². The summed E-state index contributed by atoms with van der Waals surface area (Å²) in [4.78, 5) is 5.40. The lowest BCUT2D eigenvalue weighted by molar-refractivity contribution is 1.15. The molecule has 72 valence electrons. The fraction of sp³-hybridized carbons (Fsp3) is 0.182. The normalized spacial score (nSPS) is 10.1. The fourth-order valence-corrected chi connectivity index (χ4v) is 1.97. The van der Waals surface area contributed by atoms with Gasteiger partial charge < -0.3 is 5.32 Å². The van der Waals surface area contributed by atoms with E-state index in [4.69, 9.17) is 0 Å². The van der Waals surface area contributed by atoms with Crippen LogP contribution < -0.4 is 5.32 Å². The Balaban J connectivity index is 1.95. The molecule has 2 aromatic rings. The van der Waals surface area contributed by atoms with Gasteiger partial charge in [-0.05, 0) is 36.1 Å². The van der Waals surface area contributed by atoms with E-state index in [9.17, 15) is 0 Å². The van der Waals surface area contributed by atoms with Gasteiger partial charge >= 0.3 is 0 Å². The van der Waals surface area contributed by atoms with E-state index in [2.05, 4.69) is 28.7 Å². The van der Waals surface area contributed by atoms with Crippen LogP contribution in [0.4, 0.5) is 5.69 Å². The predicted molar refractivity (Wildman–Crippen MR) is 60.6 cm³/mol. The molecule has 2 nitrogen and oxygen atoms in total. The number of hydrogen-bond acceptors (Lipinski definition) is 3. The van der Waals surface area contributed by atoms with E-state index >= 15 is 0 Å². The van der Waals surface area contributed by atoms with Crippen LogP contribution in [0.3, 0.4) is 0 Å². The Morgan fingerprint density at radius 3 is 3.07 bits per heavy atom. The Bertz CT molecular complexity index is 395. The van der Waals surface area contributed by atoms with Crippen molar-refractivity contribution in [3.8, 4) is 0 Å². The lowest BCUT2D eigenvalue weighted by Crippen LogP contribution is -1.97. The summed E-state index contributed by atoms with van der Waals surface area (Å²) in [6.45, 7) is 2.99. The first-order chi connectivity index (χ1) is 6.84. The Hall–Kier alpha value is -1.35. The molecule has 0 aliphatic rings. The molecule has 0 saturated carbocycles. The number of anilines is 1. The SMILES string of the molecule is Cc1cc(CNc2cccnc2)cs1. The van der Waals surface area contributed by atoms with Crippen LogP contribution in [-0.4, -0.2) is 4.98 Å². The summed E-state index contributed by atoms with van der Waals surface area (Å²) in [6, 6.07) is 6.15. The minimum absolute atomic E-state index is 0.871. The third-order valence-electron chi connectivity index (χ3n) is 1.94. The number of aryl methyl sites for hydroxylation is 1. The fourth-order valence-electron chi connectivity index (χ4n) is 1.26. The zero-order valence-electron chi connectivity index (χ0n) is 8.03. The van der Waals surface area contributed by atoms with Crippen LogP contribution in [-0.2, 0) is 6.54 Å². The molecule has 0 spiro atoms. The zero-order chi connectivity index (χ0) is 9.80. The van der Waals surface area contributed by atoms with Gasteiger partial charge in [-0.1, -0.05) is 0 Å². The second-order valence-corrected chi connectivity index (χ2v) is 4.28. The number of pyridine rings is 1. The van der Waals surface area contributed by atoms with Crippen molar-refractivity contribution in [1.29, 1.82) is 0 Å². The number of nitrogens with zero attached hydrogens (tertiary/aromatic N) is 1. The van der Waals surface area contributed by atoms with Gasteiger partial charge in [0.05, 0.1) is 5.69 Å². The maximum absolute atomic E-state index is 4.04. The monoisotopic (exact) mass is 204 g/mol. The number of nitrogens with one attached hydrogen (secondary N) is 1. The molecular formula is C11H12N2S. The van der Waals surface area contributed by atoms with Gasteiger partial charge in [0.25, 0.3) is 0 Å². The highest BCUT2D eigenvalue weighted by Crippen LogP contribution is 2.14. The van der Waals surface area contributed by atoms with Crippen molar-refractivity contribution >= 4 is 17.0 Å². The molecule has 2 heterocycles. The zero-order valence-corrected chi connectivity index (χ0v) is 8.84. The lowest BCUT2D eigenvalue weighted by atomic mass is 10.3. The van der Waals surface area contributed by atoms with Gasteiger partial charge in [-0.25, -0.2) is 0 Å². The molecule has 0 aliphatic carbocycles. The van der Waals surface area contributed by atoms with Crippen LogP contribution in [0.25, 0.3) is 0 Å². The topological polar surface area (TPSA) is 24.9 Å². The maximum atomic E-state index is 4.04. The van der Waals surface area contributed by atoms with E-state index in [0.717, 1.165) is 12.2 Å². The highest BCUT2D eigenvalue weighted by Gasteiger charge is 1.95. The summed E-state index contributed by atoms with van der Waals surface area (Å²) in [5.74, 6) is 0. The summed E-state index contributed by atoms with van der Waals surface area (Å²) < 4.78 is 0. The van der Waals surface area contributed by atoms with E-state index in [0.29, 0.717) is 0 Å². The highest BCUT2D eigenvalue weighted by atomic mass is 32.1. The molecule has 14 heavy (non-hydrogen) atoms. The van der Waals surface area contributed by atoms with Crippen LogP contribution in [0.1, 0.15) is 10.4 Å². The molecule has 0 bridgehead atoms. The summed E-state index contributed by atoms with van der Waals surface area (Å²) in [5, 5.41) is 5.50. The van der Waals surface area contributed by atoms with Gasteiger partial charge in [0.1, 0.15) is 0 Å². The van der Waals surface area contributed by atoms with Crippen molar-refractivity contribution in [1.82, 2.24) is 4.98 Å². The van der Waals surface area contributed by atoms with Gasteiger partial charge in [-0.15, -0.1) is 11.3 Å². The van der Waals surface area contributed by atoms with Crippen LogP contribution in [0, 0.1) is 6.92 Å². The summed E-state index contributed by atoms with van der Waals surface area (Å²) >= 11 is 1.78. The first-order valence-electron chi connectivity index (χ1n) is 4.52. The molecule has 0 aromatic carbocycles. The average Bonchev–Trinajstić information content (AvgIpc) is 2.63. The minimum atomic E-state index is 0.871. The molecule has 3 heteroatoms. The van der Waals surface area contributed by atoms with E-state index in [-0.39, 0.29) is 0 Å². The average molecular weight is 204 g/mol. The van der Waals surface area contributed by atoms with Crippen molar-refractivity contribution < 1.29 is 0 Å². The van der Waals surface area contributed by atoms with E-state index in [1.165, 1.54) is 10.4 Å². The largest absolute Gasteiger partial charge is 0.380 e. The smallest absolute Gasteiger partial charge is 0.0529 e. The molecule has 0 atom stereocenters. The first-order valence-corrected chi connectivity index (χ1v) is 5.40. The Kier molecular flexibility index (Phi) is 2.79. The summed E-state index contributed by atoms with van der Waals surface area (Å²) in [7, 11) is 0. The Labute approximate surface area is 87.6 Å². The molecule has 0 radical (unpaired) electrons. The van der Waals surface area contributed by atoms with Crippen molar-refractivity contribution in [2.24, 2.45) is 0 Å². The summed E-state index contributed by atoms with van der Waals surface area (Å²) in [5.41, 5.74) is 2.40. The molecule has 0 unspecified atom stereocenters. The third-order valence-corrected chi connectivity index (χ3v) is 2.85. The van der Waals surface area contributed by atoms with E-state index < -0.39 is 0 Å². The lowest BCUT2D eigenvalue weighted by Gasteiger charge is -2.02. The standard InChI is InChI=1S/C11H12N2S/c1-9-5-10(8-14-9)6-13-11-3-2-4-12-7-11/h2-5,7-8,13H,6H2,1H3. The number of rotatable bonds is 3. The second-order valence-electron chi connectivity index (χ2n) is 3.16. The minimum Gasteiger partial charge on any atom is -0.380 e. The highest BCUT2D eigenvalue weighted by molar-refractivity contribution is 7.10. The third kappa shape index (κ3) is 2.33. The number of thiophene rings is 1. The molecule has 0 saturated heterocycles. The van der Waals surface area contributed by atoms with Crippen molar-refractivity contribution in [3.63, 3.8) is 0 Å². The summed E-state index contributed by atoms with van der Waals surface area (Å²) in [6.07, 6.45) is 3.61. The molecular weight excluding hydrogens is 192 g/mol. The molecule has 0 aliphatic heterocycles. The van der Waals surface area contributed by atoms with Gasteiger partial charge in [-0.3, -0.25) is 4.98 Å². The first kappa shape index (κ1) is 9.21. The van der Waals surface area contributed by atoms with Crippen molar-refractivity contribution in [3.05, 3.63) is 46.4 Å². The molecule has 1 N–H and O–H groups in total. The number of hydrogen-bond donors (Lipinski definition) is 1. The Morgan fingerprint density at radius 2 is 2.43 bits per heavy atom. The number of aromatic nitrogens is 1. The van der Waals surface area contributed by atoms with E-state index in [1.54, 1.807) is 17.5 Å². The van der Waals surface area contributed by atoms with Gasteiger partial charge in [0, 0.05) is 23.8 Å². The van der Waals surface area contributed by atoms with Crippen LogP contribution in [0.15, 0.2) is 36.0 Å². The van der Waals surface area contributed by atoms with Crippen molar-refractivity contribution in [2.45, 2.75) is 13.5 Å². The second kappa shape index (κ2) is 4.24. The van der Waals surface area contributed by atoms with Gasteiger partial charge in [-0.2, -0.15) is 0 Å². The quantitative estimate of drug-likeness (QED) is 0.831. The molecule has 2 aromatic heterocycles. The molecule has 0 amide bonds.